The summed E-state index contributed by atoms with van der Waals surface area (Å²) in [7, 11) is 0. The largest absolute Gasteiger partial charge is 0.360 e. The number of aromatic nitrogens is 4. The van der Waals surface area contributed by atoms with Gasteiger partial charge in [0.05, 0.1) is 17.5 Å². The molecule has 0 radical (unpaired) electrons. The Hall–Kier alpha value is -3.60. The fourth-order valence-corrected chi connectivity index (χ4v) is 3.59. The number of fused-ring (bicyclic) bond motifs is 2. The minimum Gasteiger partial charge on any atom is -0.360 e. The summed E-state index contributed by atoms with van der Waals surface area (Å²) < 4.78 is 0. The van der Waals surface area contributed by atoms with E-state index in [-0.39, 0.29) is 5.78 Å². The lowest BCUT2D eigenvalue weighted by Crippen LogP contribution is -2.02. The standard InChI is InChI=1S/C22H18N4O/c1-12-3-5-14-16(9-23-18(14)7-12)20-11-25-22(26-20)21(27)17-10-24-19-8-13(2)4-6-15(17)19/h3-11,23-24H,1-2H3,(H,25,26). The van der Waals surface area contributed by atoms with Crippen molar-refractivity contribution in [3.8, 4) is 11.3 Å². The fourth-order valence-electron chi connectivity index (χ4n) is 3.59. The molecule has 0 fully saturated rings. The van der Waals surface area contributed by atoms with Crippen LogP contribution in [-0.4, -0.2) is 25.7 Å². The van der Waals surface area contributed by atoms with Crippen molar-refractivity contribution in [2.24, 2.45) is 0 Å². The lowest BCUT2D eigenvalue weighted by molar-refractivity contribution is 0.103. The molecule has 0 aliphatic heterocycles. The van der Waals surface area contributed by atoms with E-state index in [4.69, 9.17) is 0 Å². The molecule has 5 aromatic rings. The van der Waals surface area contributed by atoms with Crippen LogP contribution in [0.15, 0.2) is 55.0 Å². The van der Waals surface area contributed by atoms with Crippen LogP contribution in [0.2, 0.25) is 0 Å². The van der Waals surface area contributed by atoms with Crippen molar-refractivity contribution in [3.63, 3.8) is 0 Å². The third-order valence-corrected chi connectivity index (χ3v) is 5.00. The predicted molar refractivity (Wildman–Crippen MR) is 107 cm³/mol. The number of benzene rings is 2. The molecule has 3 N–H and O–H groups in total. The second-order valence-electron chi connectivity index (χ2n) is 6.98. The first-order valence-electron chi connectivity index (χ1n) is 8.86. The van der Waals surface area contributed by atoms with Crippen LogP contribution in [0.3, 0.4) is 0 Å². The Morgan fingerprint density at radius 1 is 0.889 bits per heavy atom. The Morgan fingerprint density at radius 3 is 2.33 bits per heavy atom. The number of rotatable bonds is 3. The Morgan fingerprint density at radius 2 is 1.56 bits per heavy atom. The van der Waals surface area contributed by atoms with Crippen molar-refractivity contribution in [3.05, 3.63) is 77.5 Å². The van der Waals surface area contributed by atoms with Gasteiger partial charge in [-0.1, -0.05) is 24.3 Å². The third kappa shape index (κ3) is 2.47. The van der Waals surface area contributed by atoms with Crippen LogP contribution in [-0.2, 0) is 0 Å². The average Bonchev–Trinajstić information content (AvgIpc) is 3.37. The molecule has 5 heteroatoms. The summed E-state index contributed by atoms with van der Waals surface area (Å²) in [5, 5.41) is 2.01. The minimum atomic E-state index is -0.118. The van der Waals surface area contributed by atoms with E-state index in [2.05, 4.69) is 45.1 Å². The van der Waals surface area contributed by atoms with Crippen molar-refractivity contribution in [2.45, 2.75) is 13.8 Å². The first kappa shape index (κ1) is 15.6. The first-order chi connectivity index (χ1) is 13.1. The molecule has 3 heterocycles. The third-order valence-electron chi connectivity index (χ3n) is 5.00. The van der Waals surface area contributed by atoms with Crippen LogP contribution >= 0.6 is 0 Å². The number of H-pyrrole nitrogens is 3. The maximum atomic E-state index is 13.0. The summed E-state index contributed by atoms with van der Waals surface area (Å²) in [4.78, 5) is 27.0. The van der Waals surface area contributed by atoms with E-state index < -0.39 is 0 Å². The Labute approximate surface area is 155 Å². The molecule has 132 valence electrons. The van der Waals surface area contributed by atoms with Crippen molar-refractivity contribution >= 4 is 27.6 Å². The Balaban J connectivity index is 1.55. The van der Waals surface area contributed by atoms with Gasteiger partial charge >= 0.3 is 0 Å². The first-order valence-corrected chi connectivity index (χ1v) is 8.86. The molecule has 0 unspecified atom stereocenters. The topological polar surface area (TPSA) is 77.3 Å². The number of carbonyl (C=O) groups excluding carboxylic acids is 1. The smallest absolute Gasteiger partial charge is 0.230 e. The minimum absolute atomic E-state index is 0.118. The molecular formula is C22H18N4O. The van der Waals surface area contributed by atoms with Gasteiger partial charge in [-0.15, -0.1) is 0 Å². The van der Waals surface area contributed by atoms with Crippen molar-refractivity contribution < 1.29 is 4.79 Å². The van der Waals surface area contributed by atoms with Crippen molar-refractivity contribution in [1.29, 1.82) is 0 Å². The summed E-state index contributed by atoms with van der Waals surface area (Å²) in [6.45, 7) is 4.10. The molecule has 0 aliphatic rings. The van der Waals surface area contributed by atoms with Gasteiger partial charge in [0, 0.05) is 39.8 Å². The highest BCUT2D eigenvalue weighted by Crippen LogP contribution is 2.29. The van der Waals surface area contributed by atoms with Gasteiger partial charge in [0.2, 0.25) is 5.78 Å². The van der Waals surface area contributed by atoms with Gasteiger partial charge < -0.3 is 15.0 Å². The number of nitrogens with one attached hydrogen (secondary N) is 3. The Bertz CT molecular complexity index is 1320. The zero-order valence-corrected chi connectivity index (χ0v) is 15.1. The normalized spacial score (nSPS) is 11.5. The zero-order chi connectivity index (χ0) is 18.5. The van der Waals surface area contributed by atoms with E-state index in [0.29, 0.717) is 11.4 Å². The van der Waals surface area contributed by atoms with Gasteiger partial charge in [0.15, 0.2) is 5.82 Å². The van der Waals surface area contributed by atoms with Gasteiger partial charge in [-0.3, -0.25) is 4.79 Å². The summed E-state index contributed by atoms with van der Waals surface area (Å²) in [6.07, 6.45) is 5.41. The monoisotopic (exact) mass is 354 g/mol. The molecule has 0 saturated heterocycles. The predicted octanol–water partition coefficient (Wildman–Crippen LogP) is 4.89. The molecule has 0 aliphatic carbocycles. The molecule has 2 aromatic carbocycles. The summed E-state index contributed by atoms with van der Waals surface area (Å²) >= 11 is 0. The van der Waals surface area contributed by atoms with Crippen LogP contribution in [0.25, 0.3) is 33.1 Å². The molecule has 0 amide bonds. The molecule has 0 saturated carbocycles. The van der Waals surface area contributed by atoms with E-state index in [1.165, 1.54) is 5.56 Å². The highest BCUT2D eigenvalue weighted by atomic mass is 16.1. The lowest BCUT2D eigenvalue weighted by Gasteiger charge is -1.98. The van der Waals surface area contributed by atoms with Gasteiger partial charge in [-0.2, -0.15) is 0 Å². The maximum absolute atomic E-state index is 13.0. The number of ketones is 1. The summed E-state index contributed by atoms with van der Waals surface area (Å²) in [5.41, 5.74) is 6.83. The van der Waals surface area contributed by atoms with Crippen LogP contribution in [0.5, 0.6) is 0 Å². The van der Waals surface area contributed by atoms with Gasteiger partial charge in [-0.05, 0) is 37.1 Å². The summed E-state index contributed by atoms with van der Waals surface area (Å²) in [5.74, 6) is 0.222. The van der Waals surface area contributed by atoms with Crippen molar-refractivity contribution in [2.75, 3.05) is 0 Å². The fraction of sp³-hybridized carbons (Fsp3) is 0.0909. The van der Waals surface area contributed by atoms with Gasteiger partial charge in [0.1, 0.15) is 0 Å². The van der Waals surface area contributed by atoms with E-state index in [0.717, 1.165) is 38.6 Å². The molecule has 5 rings (SSSR count). The number of imidazole rings is 1. The number of hydrogen-bond acceptors (Lipinski definition) is 2. The average molecular weight is 354 g/mol. The van der Waals surface area contributed by atoms with Crippen LogP contribution in [0.1, 0.15) is 27.3 Å². The van der Waals surface area contributed by atoms with E-state index in [9.17, 15) is 4.79 Å². The molecule has 3 aromatic heterocycles. The zero-order valence-electron chi connectivity index (χ0n) is 15.1. The number of aryl methyl sites for hydroxylation is 2. The second-order valence-corrected chi connectivity index (χ2v) is 6.98. The van der Waals surface area contributed by atoms with Gasteiger partial charge in [-0.25, -0.2) is 4.98 Å². The molecule has 0 atom stereocenters. The van der Waals surface area contributed by atoms with Crippen LogP contribution in [0.4, 0.5) is 0 Å². The summed E-state index contributed by atoms with van der Waals surface area (Å²) in [6, 6.07) is 12.3. The van der Waals surface area contributed by atoms with E-state index >= 15 is 0 Å². The van der Waals surface area contributed by atoms with Crippen LogP contribution < -0.4 is 0 Å². The molecule has 5 nitrogen and oxygen atoms in total. The number of nitrogens with zero attached hydrogens (tertiary/aromatic N) is 1. The van der Waals surface area contributed by atoms with E-state index in [1.54, 1.807) is 12.4 Å². The molecule has 0 spiro atoms. The number of hydrogen-bond donors (Lipinski definition) is 3. The molecular weight excluding hydrogens is 336 g/mol. The van der Waals surface area contributed by atoms with E-state index in [1.807, 2.05) is 31.3 Å². The Kier molecular flexibility index (Phi) is 3.31. The van der Waals surface area contributed by atoms with Crippen LogP contribution in [0, 0.1) is 13.8 Å². The highest BCUT2D eigenvalue weighted by Gasteiger charge is 2.18. The second kappa shape index (κ2) is 5.71. The lowest BCUT2D eigenvalue weighted by atomic mass is 10.1. The number of aromatic amines is 3. The maximum Gasteiger partial charge on any atom is 0.230 e. The number of carbonyl (C=O) groups is 1. The SMILES string of the molecule is Cc1ccc2c(C(=O)c3ncc(-c4c[nH]c5cc(C)ccc45)[nH]3)c[nH]c2c1. The highest BCUT2D eigenvalue weighted by molar-refractivity contribution is 6.15. The quantitative estimate of drug-likeness (QED) is 0.404. The van der Waals surface area contributed by atoms with Crippen molar-refractivity contribution in [1.82, 2.24) is 19.9 Å². The van der Waals surface area contributed by atoms with Gasteiger partial charge in [0.25, 0.3) is 0 Å². The molecule has 27 heavy (non-hydrogen) atoms. The molecule has 0 bridgehead atoms.